The molecule has 0 aliphatic heterocycles. The Morgan fingerprint density at radius 3 is 2.50 bits per heavy atom. The van der Waals surface area contributed by atoms with E-state index in [1.807, 2.05) is 62.4 Å². The molecule has 0 spiro atoms. The van der Waals surface area contributed by atoms with E-state index < -0.39 is 5.54 Å². The largest absolute Gasteiger partial charge is 0.490 e. The molecule has 0 amide bonds. The number of aryl methyl sites for hydroxylation is 2. The van der Waals surface area contributed by atoms with Crippen molar-refractivity contribution in [2.75, 3.05) is 6.61 Å². The molecule has 2 aromatic rings. The predicted octanol–water partition coefficient (Wildman–Crippen LogP) is 3.06. The second kappa shape index (κ2) is 5.77. The Labute approximate surface area is 119 Å². The summed E-state index contributed by atoms with van der Waals surface area (Å²) in [5, 5.41) is 9.39. The maximum atomic E-state index is 9.39. The Kier molecular flexibility index (Phi) is 4.07. The zero-order valence-corrected chi connectivity index (χ0v) is 11.8. The molecular formula is C17H18N2O. The van der Waals surface area contributed by atoms with Crippen LogP contribution in [0.2, 0.25) is 0 Å². The highest BCUT2D eigenvalue weighted by Crippen LogP contribution is 2.23. The van der Waals surface area contributed by atoms with Gasteiger partial charge in [0.25, 0.3) is 0 Å². The third-order valence-electron chi connectivity index (χ3n) is 3.29. The highest BCUT2D eigenvalue weighted by Gasteiger charge is 2.28. The van der Waals surface area contributed by atoms with Gasteiger partial charge in [0.1, 0.15) is 12.4 Å². The lowest BCUT2D eigenvalue weighted by molar-refractivity contribution is 0.254. The molecule has 1 atom stereocenters. The number of benzene rings is 2. The van der Waals surface area contributed by atoms with Gasteiger partial charge in [-0.3, -0.25) is 0 Å². The van der Waals surface area contributed by atoms with E-state index in [9.17, 15) is 5.26 Å². The average molecular weight is 266 g/mol. The zero-order chi connectivity index (χ0) is 14.6. The van der Waals surface area contributed by atoms with Gasteiger partial charge in [-0.25, -0.2) is 0 Å². The van der Waals surface area contributed by atoms with Crippen LogP contribution in [0.1, 0.15) is 16.7 Å². The first-order valence-corrected chi connectivity index (χ1v) is 6.51. The summed E-state index contributed by atoms with van der Waals surface area (Å²) in [6, 6.07) is 17.4. The average Bonchev–Trinajstić information content (AvgIpc) is 2.49. The van der Waals surface area contributed by atoms with Gasteiger partial charge in [0.05, 0.1) is 6.07 Å². The van der Waals surface area contributed by atoms with Gasteiger partial charge >= 0.3 is 0 Å². The molecule has 0 aromatic heterocycles. The van der Waals surface area contributed by atoms with Crippen LogP contribution in [0.25, 0.3) is 0 Å². The second-order valence-electron chi connectivity index (χ2n) is 5.01. The Bertz CT molecular complexity index is 631. The van der Waals surface area contributed by atoms with Crippen LogP contribution in [0.15, 0.2) is 48.5 Å². The van der Waals surface area contributed by atoms with Gasteiger partial charge in [0.15, 0.2) is 5.54 Å². The van der Waals surface area contributed by atoms with Crippen LogP contribution in [0.4, 0.5) is 0 Å². The molecule has 2 aromatic carbocycles. The molecule has 0 aliphatic rings. The minimum atomic E-state index is -1.14. The highest BCUT2D eigenvalue weighted by atomic mass is 16.5. The van der Waals surface area contributed by atoms with E-state index in [1.54, 1.807) is 0 Å². The Morgan fingerprint density at radius 1 is 1.15 bits per heavy atom. The van der Waals surface area contributed by atoms with Crippen molar-refractivity contribution in [1.82, 2.24) is 0 Å². The smallest absolute Gasteiger partial charge is 0.164 e. The summed E-state index contributed by atoms with van der Waals surface area (Å²) in [5.74, 6) is 0.769. The molecule has 2 rings (SSSR count). The van der Waals surface area contributed by atoms with Gasteiger partial charge in [-0.15, -0.1) is 0 Å². The normalized spacial score (nSPS) is 13.3. The lowest BCUT2D eigenvalue weighted by Gasteiger charge is -2.23. The van der Waals surface area contributed by atoms with E-state index in [0.717, 1.165) is 22.4 Å². The highest BCUT2D eigenvalue weighted by molar-refractivity contribution is 5.37. The maximum Gasteiger partial charge on any atom is 0.164 e. The molecule has 0 radical (unpaired) electrons. The van der Waals surface area contributed by atoms with Crippen LogP contribution >= 0.6 is 0 Å². The molecule has 0 saturated heterocycles. The summed E-state index contributed by atoms with van der Waals surface area (Å²) in [6.45, 7) is 4.10. The van der Waals surface area contributed by atoms with Crippen molar-refractivity contribution in [2.45, 2.75) is 19.4 Å². The number of nitrogens with two attached hydrogens (primary N) is 1. The summed E-state index contributed by atoms with van der Waals surface area (Å²) >= 11 is 0. The van der Waals surface area contributed by atoms with Crippen molar-refractivity contribution in [3.8, 4) is 11.8 Å². The van der Waals surface area contributed by atoms with Crippen LogP contribution < -0.4 is 10.5 Å². The minimum absolute atomic E-state index is 0.123. The first-order valence-electron chi connectivity index (χ1n) is 6.51. The quantitative estimate of drug-likeness (QED) is 0.925. The maximum absolute atomic E-state index is 9.39. The zero-order valence-electron chi connectivity index (χ0n) is 11.8. The monoisotopic (exact) mass is 266 g/mol. The molecule has 0 saturated carbocycles. The fourth-order valence-electron chi connectivity index (χ4n) is 1.97. The van der Waals surface area contributed by atoms with E-state index in [-0.39, 0.29) is 6.61 Å². The van der Waals surface area contributed by atoms with Crippen molar-refractivity contribution in [3.63, 3.8) is 0 Å². The number of hydrogen-bond donors (Lipinski definition) is 1. The molecule has 0 bridgehead atoms. The molecule has 0 fully saturated rings. The third-order valence-corrected chi connectivity index (χ3v) is 3.29. The molecule has 0 aliphatic carbocycles. The molecule has 0 heterocycles. The Morgan fingerprint density at radius 2 is 1.85 bits per heavy atom. The second-order valence-corrected chi connectivity index (χ2v) is 5.01. The SMILES string of the molecule is Cc1ccc(C)c(OCC(N)(C#N)c2ccccc2)c1. The van der Waals surface area contributed by atoms with Crippen molar-refractivity contribution < 1.29 is 4.74 Å². The fraction of sp³-hybridized carbons (Fsp3) is 0.235. The standard InChI is InChI=1S/C17H18N2O/c1-13-8-9-14(2)16(10-13)20-12-17(19,11-18)15-6-4-3-5-7-15/h3-10H,12,19H2,1-2H3. The number of rotatable bonds is 4. The lowest BCUT2D eigenvalue weighted by Crippen LogP contribution is -2.41. The summed E-state index contributed by atoms with van der Waals surface area (Å²) in [7, 11) is 0. The third kappa shape index (κ3) is 2.98. The van der Waals surface area contributed by atoms with E-state index in [4.69, 9.17) is 10.5 Å². The van der Waals surface area contributed by atoms with E-state index >= 15 is 0 Å². The molecule has 20 heavy (non-hydrogen) atoms. The van der Waals surface area contributed by atoms with E-state index in [0.29, 0.717) is 0 Å². The minimum Gasteiger partial charge on any atom is -0.490 e. The first kappa shape index (κ1) is 14.1. The molecule has 3 nitrogen and oxygen atoms in total. The Hall–Kier alpha value is -2.31. The van der Waals surface area contributed by atoms with E-state index in [2.05, 4.69) is 6.07 Å². The van der Waals surface area contributed by atoms with Crippen molar-refractivity contribution in [2.24, 2.45) is 5.73 Å². The van der Waals surface area contributed by atoms with Gasteiger partial charge in [-0.1, -0.05) is 42.5 Å². The van der Waals surface area contributed by atoms with Crippen LogP contribution in [-0.2, 0) is 5.54 Å². The fourth-order valence-corrected chi connectivity index (χ4v) is 1.97. The molecule has 102 valence electrons. The van der Waals surface area contributed by atoms with Gasteiger partial charge in [-0.2, -0.15) is 5.26 Å². The van der Waals surface area contributed by atoms with Crippen molar-refractivity contribution in [3.05, 3.63) is 65.2 Å². The molecular weight excluding hydrogens is 248 g/mol. The number of hydrogen-bond acceptors (Lipinski definition) is 3. The topological polar surface area (TPSA) is 59.0 Å². The molecule has 2 N–H and O–H groups in total. The number of nitrogens with zero attached hydrogens (tertiary/aromatic N) is 1. The van der Waals surface area contributed by atoms with Gasteiger partial charge in [0, 0.05) is 0 Å². The van der Waals surface area contributed by atoms with Crippen molar-refractivity contribution in [1.29, 1.82) is 5.26 Å². The molecule has 1 unspecified atom stereocenters. The number of ether oxygens (including phenoxy) is 1. The number of nitriles is 1. The van der Waals surface area contributed by atoms with Gasteiger partial charge < -0.3 is 10.5 Å². The van der Waals surface area contributed by atoms with Gasteiger partial charge in [0.2, 0.25) is 0 Å². The lowest BCUT2D eigenvalue weighted by atomic mass is 9.93. The Balaban J connectivity index is 2.20. The van der Waals surface area contributed by atoms with Crippen LogP contribution in [0.3, 0.4) is 0 Å². The predicted molar refractivity (Wildman–Crippen MR) is 79.3 cm³/mol. The summed E-state index contributed by atoms with van der Waals surface area (Å²) in [5.41, 5.74) is 7.93. The van der Waals surface area contributed by atoms with E-state index in [1.165, 1.54) is 0 Å². The summed E-state index contributed by atoms with van der Waals surface area (Å²) in [6.07, 6.45) is 0. The molecule has 3 heteroatoms. The van der Waals surface area contributed by atoms with Gasteiger partial charge in [-0.05, 0) is 36.6 Å². The first-order chi connectivity index (χ1) is 9.55. The van der Waals surface area contributed by atoms with Crippen molar-refractivity contribution >= 4 is 0 Å². The van der Waals surface area contributed by atoms with Crippen LogP contribution in [0.5, 0.6) is 5.75 Å². The van der Waals surface area contributed by atoms with Crippen LogP contribution in [0, 0.1) is 25.2 Å². The summed E-state index contributed by atoms with van der Waals surface area (Å²) < 4.78 is 5.78. The van der Waals surface area contributed by atoms with Crippen LogP contribution in [-0.4, -0.2) is 6.61 Å². The summed E-state index contributed by atoms with van der Waals surface area (Å²) in [4.78, 5) is 0.